The van der Waals surface area contributed by atoms with Gasteiger partial charge in [-0.2, -0.15) is 0 Å². The topological polar surface area (TPSA) is 41.9 Å². The lowest BCUT2D eigenvalue weighted by Gasteiger charge is -2.31. The van der Waals surface area contributed by atoms with Gasteiger partial charge in [0.2, 0.25) is 0 Å². The highest BCUT2D eigenvalue weighted by molar-refractivity contribution is 5.39. The van der Waals surface area contributed by atoms with Crippen LogP contribution in [0.1, 0.15) is 18.4 Å². The SMILES string of the molecule is COCC1CCN(Cc2ccc(OC)cc2O)CC1. The molecule has 0 aliphatic carbocycles. The maximum absolute atomic E-state index is 9.96. The first-order valence-corrected chi connectivity index (χ1v) is 6.80. The summed E-state index contributed by atoms with van der Waals surface area (Å²) in [4.78, 5) is 2.38. The lowest BCUT2D eigenvalue weighted by molar-refractivity contribution is 0.0965. The van der Waals surface area contributed by atoms with Crippen LogP contribution in [0.3, 0.4) is 0 Å². The van der Waals surface area contributed by atoms with Gasteiger partial charge in [-0.15, -0.1) is 0 Å². The minimum Gasteiger partial charge on any atom is -0.507 e. The van der Waals surface area contributed by atoms with Gasteiger partial charge in [0.1, 0.15) is 11.5 Å². The maximum Gasteiger partial charge on any atom is 0.123 e. The molecule has 4 heteroatoms. The lowest BCUT2D eigenvalue weighted by Crippen LogP contribution is -2.34. The summed E-state index contributed by atoms with van der Waals surface area (Å²) >= 11 is 0. The molecule has 19 heavy (non-hydrogen) atoms. The number of benzene rings is 1. The molecule has 106 valence electrons. The Bertz CT molecular complexity index is 400. The summed E-state index contributed by atoms with van der Waals surface area (Å²) in [5, 5.41) is 9.96. The van der Waals surface area contributed by atoms with Crippen LogP contribution in [0.15, 0.2) is 18.2 Å². The Morgan fingerprint density at radius 1 is 1.26 bits per heavy atom. The van der Waals surface area contributed by atoms with Crippen molar-refractivity contribution in [2.24, 2.45) is 5.92 Å². The van der Waals surface area contributed by atoms with Crippen LogP contribution in [0, 0.1) is 5.92 Å². The highest BCUT2D eigenvalue weighted by atomic mass is 16.5. The molecule has 0 saturated carbocycles. The molecule has 1 saturated heterocycles. The molecule has 0 radical (unpaired) electrons. The zero-order valence-electron chi connectivity index (χ0n) is 11.8. The van der Waals surface area contributed by atoms with Crippen molar-refractivity contribution in [1.29, 1.82) is 0 Å². The van der Waals surface area contributed by atoms with Crippen molar-refractivity contribution in [3.63, 3.8) is 0 Å². The summed E-state index contributed by atoms with van der Waals surface area (Å²) < 4.78 is 10.3. The summed E-state index contributed by atoms with van der Waals surface area (Å²) in [6.07, 6.45) is 2.34. The van der Waals surface area contributed by atoms with Crippen LogP contribution in [0.5, 0.6) is 11.5 Å². The van der Waals surface area contributed by atoms with Gasteiger partial charge in [0.15, 0.2) is 0 Å². The van der Waals surface area contributed by atoms with Gasteiger partial charge in [-0.05, 0) is 37.9 Å². The molecule has 0 amide bonds. The Morgan fingerprint density at radius 2 is 2.00 bits per heavy atom. The van der Waals surface area contributed by atoms with E-state index in [2.05, 4.69) is 4.90 Å². The Labute approximate surface area is 114 Å². The van der Waals surface area contributed by atoms with Crippen LogP contribution in [-0.2, 0) is 11.3 Å². The van der Waals surface area contributed by atoms with Crippen LogP contribution in [0.2, 0.25) is 0 Å². The molecule has 1 N–H and O–H groups in total. The number of hydrogen-bond donors (Lipinski definition) is 1. The number of hydrogen-bond acceptors (Lipinski definition) is 4. The van der Waals surface area contributed by atoms with E-state index >= 15 is 0 Å². The van der Waals surface area contributed by atoms with Crippen LogP contribution in [0.4, 0.5) is 0 Å². The Morgan fingerprint density at radius 3 is 2.58 bits per heavy atom. The molecule has 0 atom stereocenters. The van der Waals surface area contributed by atoms with Crippen molar-refractivity contribution >= 4 is 0 Å². The fourth-order valence-corrected chi connectivity index (χ4v) is 2.59. The summed E-state index contributed by atoms with van der Waals surface area (Å²) in [6, 6.07) is 5.51. The molecule has 1 heterocycles. The number of aromatic hydroxyl groups is 1. The standard InChI is InChI=1S/C15H23NO3/c1-18-11-12-5-7-16(8-6-12)10-13-3-4-14(19-2)9-15(13)17/h3-4,9,12,17H,5-8,10-11H2,1-2H3. The van der Waals surface area contributed by atoms with E-state index < -0.39 is 0 Å². The third kappa shape index (κ3) is 3.85. The minimum absolute atomic E-state index is 0.318. The van der Waals surface area contributed by atoms with Gasteiger partial charge in [0.25, 0.3) is 0 Å². The van der Waals surface area contributed by atoms with E-state index in [1.807, 2.05) is 12.1 Å². The molecule has 0 aromatic heterocycles. The van der Waals surface area contributed by atoms with E-state index in [-0.39, 0.29) is 0 Å². The lowest BCUT2D eigenvalue weighted by atomic mass is 9.97. The van der Waals surface area contributed by atoms with Crippen molar-refractivity contribution in [3.05, 3.63) is 23.8 Å². The number of ether oxygens (including phenoxy) is 2. The Balaban J connectivity index is 1.88. The summed E-state index contributed by atoms with van der Waals surface area (Å²) in [5.74, 6) is 1.70. The molecular formula is C15H23NO3. The van der Waals surface area contributed by atoms with Gasteiger partial charge in [0.05, 0.1) is 7.11 Å². The fourth-order valence-electron chi connectivity index (χ4n) is 2.59. The summed E-state index contributed by atoms with van der Waals surface area (Å²) in [5.41, 5.74) is 0.964. The normalized spacial score (nSPS) is 17.6. The first kappa shape index (κ1) is 14.2. The first-order chi connectivity index (χ1) is 9.22. The number of phenolic OH excluding ortho intramolecular Hbond substituents is 1. The molecule has 1 aromatic carbocycles. The van der Waals surface area contributed by atoms with E-state index in [0.29, 0.717) is 17.4 Å². The molecule has 1 aliphatic heterocycles. The molecule has 4 nitrogen and oxygen atoms in total. The van der Waals surface area contributed by atoms with Crippen molar-refractivity contribution in [3.8, 4) is 11.5 Å². The van der Waals surface area contributed by atoms with Gasteiger partial charge < -0.3 is 14.6 Å². The van der Waals surface area contributed by atoms with Crippen LogP contribution in [-0.4, -0.2) is 43.9 Å². The van der Waals surface area contributed by atoms with Crippen LogP contribution in [0.25, 0.3) is 0 Å². The Hall–Kier alpha value is -1.26. The highest BCUT2D eigenvalue weighted by Crippen LogP contribution is 2.26. The van der Waals surface area contributed by atoms with Gasteiger partial charge in [-0.1, -0.05) is 6.07 Å². The number of likely N-dealkylation sites (tertiary alicyclic amines) is 1. The average molecular weight is 265 g/mol. The van der Waals surface area contributed by atoms with Gasteiger partial charge >= 0.3 is 0 Å². The second kappa shape index (κ2) is 6.78. The number of methoxy groups -OCH3 is 2. The first-order valence-electron chi connectivity index (χ1n) is 6.80. The molecule has 1 fully saturated rings. The molecule has 1 aromatic rings. The monoisotopic (exact) mass is 265 g/mol. The third-order valence-corrected chi connectivity index (χ3v) is 3.80. The second-order valence-corrected chi connectivity index (χ2v) is 5.17. The van der Waals surface area contributed by atoms with E-state index in [1.54, 1.807) is 20.3 Å². The van der Waals surface area contributed by atoms with Gasteiger partial charge in [-0.25, -0.2) is 0 Å². The zero-order chi connectivity index (χ0) is 13.7. The largest absolute Gasteiger partial charge is 0.507 e. The minimum atomic E-state index is 0.318. The maximum atomic E-state index is 9.96. The molecule has 1 aliphatic rings. The van der Waals surface area contributed by atoms with Crippen molar-refractivity contribution in [2.45, 2.75) is 19.4 Å². The fraction of sp³-hybridized carbons (Fsp3) is 0.600. The molecule has 0 unspecified atom stereocenters. The van der Waals surface area contributed by atoms with Gasteiger partial charge in [0, 0.05) is 31.9 Å². The number of piperidine rings is 1. The number of nitrogens with zero attached hydrogens (tertiary/aromatic N) is 1. The quantitative estimate of drug-likeness (QED) is 0.886. The smallest absolute Gasteiger partial charge is 0.123 e. The van der Waals surface area contributed by atoms with E-state index in [4.69, 9.17) is 9.47 Å². The number of phenols is 1. The zero-order valence-corrected chi connectivity index (χ0v) is 11.8. The van der Waals surface area contributed by atoms with Crippen molar-refractivity contribution in [1.82, 2.24) is 4.90 Å². The molecule has 0 bridgehead atoms. The highest BCUT2D eigenvalue weighted by Gasteiger charge is 2.19. The summed E-state index contributed by atoms with van der Waals surface area (Å²) in [7, 11) is 3.37. The third-order valence-electron chi connectivity index (χ3n) is 3.80. The van der Waals surface area contributed by atoms with Crippen LogP contribution >= 0.6 is 0 Å². The van der Waals surface area contributed by atoms with Crippen LogP contribution < -0.4 is 4.74 Å². The molecular weight excluding hydrogens is 242 g/mol. The predicted octanol–water partition coefficient (Wildman–Crippen LogP) is 2.26. The van der Waals surface area contributed by atoms with E-state index in [9.17, 15) is 5.11 Å². The Kier molecular flexibility index (Phi) is 5.05. The van der Waals surface area contributed by atoms with Crippen molar-refractivity contribution < 1.29 is 14.6 Å². The average Bonchev–Trinajstić information content (AvgIpc) is 2.43. The van der Waals surface area contributed by atoms with Gasteiger partial charge in [-0.3, -0.25) is 4.90 Å². The van der Waals surface area contributed by atoms with E-state index in [0.717, 1.165) is 31.8 Å². The van der Waals surface area contributed by atoms with Crippen molar-refractivity contribution in [2.75, 3.05) is 33.9 Å². The molecule has 2 rings (SSSR count). The predicted molar refractivity (Wildman–Crippen MR) is 74.5 cm³/mol. The second-order valence-electron chi connectivity index (χ2n) is 5.17. The summed E-state index contributed by atoms with van der Waals surface area (Å²) in [6.45, 7) is 3.80. The molecule has 0 spiro atoms. The number of rotatable bonds is 5. The van der Waals surface area contributed by atoms with E-state index in [1.165, 1.54) is 12.8 Å².